The molecule has 0 saturated carbocycles. The third-order valence-corrected chi connectivity index (χ3v) is 5.37. The highest BCUT2D eigenvalue weighted by Gasteiger charge is 2.20. The highest BCUT2D eigenvalue weighted by atomic mass is 32.2. The van der Waals surface area contributed by atoms with E-state index in [4.69, 9.17) is 10.5 Å². The van der Waals surface area contributed by atoms with Crippen LogP contribution in [0.3, 0.4) is 0 Å². The second kappa shape index (κ2) is 10.3. The number of anilines is 2. The maximum Gasteiger partial charge on any atom is 0.143 e. The van der Waals surface area contributed by atoms with E-state index in [1.54, 1.807) is 19.5 Å². The summed E-state index contributed by atoms with van der Waals surface area (Å²) in [6, 6.07) is 15.6. The van der Waals surface area contributed by atoms with Crippen LogP contribution in [0.1, 0.15) is 16.7 Å². The van der Waals surface area contributed by atoms with Crippen LogP contribution < -0.4 is 11.1 Å². The predicted octanol–water partition coefficient (Wildman–Crippen LogP) is 3.82. The molecule has 0 unspecified atom stereocenters. The summed E-state index contributed by atoms with van der Waals surface area (Å²) in [5.41, 5.74) is 9.79. The van der Waals surface area contributed by atoms with Crippen molar-refractivity contribution in [2.75, 3.05) is 31.3 Å². The minimum atomic E-state index is 0.113. The van der Waals surface area contributed by atoms with Gasteiger partial charge in [0, 0.05) is 43.1 Å². The van der Waals surface area contributed by atoms with E-state index in [0.717, 1.165) is 16.8 Å². The average Bonchev–Trinajstić information content (AvgIpc) is 2.78. The van der Waals surface area contributed by atoms with Crippen LogP contribution in [-0.4, -0.2) is 30.2 Å². The SMILES string of the molecule is COCCNc1ccc(-c2c(C#N)c(N)nc(SCc3cccnc3)c2C#N)cc1. The Morgan fingerprint density at radius 3 is 2.53 bits per heavy atom. The van der Waals surface area contributed by atoms with Gasteiger partial charge in [-0.05, 0) is 29.3 Å². The van der Waals surface area contributed by atoms with Crippen molar-refractivity contribution < 1.29 is 4.74 Å². The van der Waals surface area contributed by atoms with E-state index in [1.807, 2.05) is 36.4 Å². The Bertz CT molecular complexity index is 1090. The lowest BCUT2D eigenvalue weighted by Gasteiger charge is -2.14. The Morgan fingerprint density at radius 2 is 1.90 bits per heavy atom. The standard InChI is InChI=1S/C22H20N6OS/c1-29-10-9-27-17-6-4-16(5-7-17)20-18(11-23)21(25)28-22(19(20)12-24)30-14-15-3-2-8-26-13-15/h2-8,13,27H,9-10,14H2,1H3,(H2,25,28). The summed E-state index contributed by atoms with van der Waals surface area (Å²) in [5, 5.41) is 23.3. The minimum Gasteiger partial charge on any atom is -0.383 e. The molecule has 0 amide bonds. The van der Waals surface area contributed by atoms with Crippen LogP contribution in [0, 0.1) is 22.7 Å². The first-order chi connectivity index (χ1) is 14.7. The van der Waals surface area contributed by atoms with Crippen LogP contribution in [0.5, 0.6) is 0 Å². The van der Waals surface area contributed by atoms with Crippen molar-refractivity contribution in [2.24, 2.45) is 0 Å². The lowest BCUT2D eigenvalue weighted by atomic mass is 9.96. The number of nitrogens with zero attached hydrogens (tertiary/aromatic N) is 4. The summed E-state index contributed by atoms with van der Waals surface area (Å²) >= 11 is 1.39. The van der Waals surface area contributed by atoms with Crippen LogP contribution >= 0.6 is 11.8 Å². The molecule has 150 valence electrons. The predicted molar refractivity (Wildman–Crippen MR) is 118 cm³/mol. The number of methoxy groups -OCH3 is 1. The molecule has 0 saturated heterocycles. The van der Waals surface area contributed by atoms with Crippen molar-refractivity contribution in [3.63, 3.8) is 0 Å². The number of pyridine rings is 2. The molecule has 0 aliphatic rings. The highest BCUT2D eigenvalue weighted by Crippen LogP contribution is 2.36. The summed E-state index contributed by atoms with van der Waals surface area (Å²) in [6.07, 6.45) is 3.47. The lowest BCUT2D eigenvalue weighted by molar-refractivity contribution is 0.211. The molecule has 7 nitrogen and oxygen atoms in total. The number of nitriles is 2. The van der Waals surface area contributed by atoms with Crippen LogP contribution in [0.25, 0.3) is 11.1 Å². The van der Waals surface area contributed by atoms with Gasteiger partial charge in [-0.1, -0.05) is 18.2 Å². The molecule has 0 fully saturated rings. The van der Waals surface area contributed by atoms with Crippen molar-refractivity contribution in [1.82, 2.24) is 9.97 Å². The van der Waals surface area contributed by atoms with Gasteiger partial charge in [0.05, 0.1) is 12.2 Å². The first-order valence-electron chi connectivity index (χ1n) is 9.16. The van der Waals surface area contributed by atoms with Gasteiger partial charge in [-0.15, -0.1) is 11.8 Å². The van der Waals surface area contributed by atoms with E-state index in [9.17, 15) is 10.5 Å². The van der Waals surface area contributed by atoms with Crippen molar-refractivity contribution in [3.05, 3.63) is 65.5 Å². The fraction of sp³-hybridized carbons (Fsp3) is 0.182. The summed E-state index contributed by atoms with van der Waals surface area (Å²) in [4.78, 5) is 8.44. The van der Waals surface area contributed by atoms with Crippen molar-refractivity contribution in [3.8, 4) is 23.3 Å². The molecule has 3 rings (SSSR count). The van der Waals surface area contributed by atoms with E-state index < -0.39 is 0 Å². The molecule has 2 aromatic heterocycles. The molecule has 0 atom stereocenters. The number of hydrogen-bond acceptors (Lipinski definition) is 8. The monoisotopic (exact) mass is 416 g/mol. The second-order valence-electron chi connectivity index (χ2n) is 6.30. The van der Waals surface area contributed by atoms with E-state index in [2.05, 4.69) is 27.4 Å². The van der Waals surface area contributed by atoms with Gasteiger partial charge in [-0.3, -0.25) is 4.98 Å². The molecule has 0 aliphatic carbocycles. The number of benzene rings is 1. The van der Waals surface area contributed by atoms with Crippen molar-refractivity contribution in [2.45, 2.75) is 10.8 Å². The van der Waals surface area contributed by atoms with E-state index in [0.29, 0.717) is 35.1 Å². The third kappa shape index (κ3) is 4.87. The Balaban J connectivity index is 1.97. The summed E-state index contributed by atoms with van der Waals surface area (Å²) in [6.45, 7) is 1.28. The maximum atomic E-state index is 9.87. The number of nitrogen functional groups attached to an aromatic ring is 1. The van der Waals surface area contributed by atoms with Gasteiger partial charge in [0.2, 0.25) is 0 Å². The summed E-state index contributed by atoms with van der Waals surface area (Å²) < 4.78 is 5.04. The molecule has 8 heteroatoms. The zero-order valence-electron chi connectivity index (χ0n) is 16.4. The van der Waals surface area contributed by atoms with Gasteiger partial charge in [0.1, 0.15) is 28.5 Å². The van der Waals surface area contributed by atoms with Gasteiger partial charge in [-0.2, -0.15) is 10.5 Å². The first kappa shape index (κ1) is 21.1. The number of thioether (sulfide) groups is 1. The summed E-state index contributed by atoms with van der Waals surface area (Å²) in [5.74, 6) is 0.699. The van der Waals surface area contributed by atoms with E-state index in [-0.39, 0.29) is 11.4 Å². The maximum absolute atomic E-state index is 9.87. The number of aromatic nitrogens is 2. The van der Waals surface area contributed by atoms with Crippen molar-refractivity contribution >= 4 is 23.3 Å². The van der Waals surface area contributed by atoms with Gasteiger partial charge in [0.15, 0.2) is 0 Å². The van der Waals surface area contributed by atoms with Gasteiger partial charge in [0.25, 0.3) is 0 Å². The molecule has 3 N–H and O–H groups in total. The lowest BCUT2D eigenvalue weighted by Crippen LogP contribution is -2.07. The normalized spacial score (nSPS) is 10.2. The molecular formula is C22H20N6OS. The molecule has 0 aliphatic heterocycles. The Morgan fingerprint density at radius 1 is 1.13 bits per heavy atom. The molecule has 30 heavy (non-hydrogen) atoms. The van der Waals surface area contributed by atoms with Crippen LogP contribution in [0.2, 0.25) is 0 Å². The molecule has 0 bridgehead atoms. The average molecular weight is 417 g/mol. The largest absolute Gasteiger partial charge is 0.383 e. The molecule has 0 spiro atoms. The minimum absolute atomic E-state index is 0.113. The Kier molecular flexibility index (Phi) is 7.23. The molecular weight excluding hydrogens is 396 g/mol. The molecule has 1 aromatic carbocycles. The number of hydrogen-bond donors (Lipinski definition) is 2. The summed E-state index contributed by atoms with van der Waals surface area (Å²) in [7, 11) is 1.65. The zero-order chi connectivity index (χ0) is 21.3. The van der Waals surface area contributed by atoms with Crippen molar-refractivity contribution in [1.29, 1.82) is 10.5 Å². The fourth-order valence-corrected chi connectivity index (χ4v) is 3.81. The van der Waals surface area contributed by atoms with Gasteiger partial charge in [-0.25, -0.2) is 4.98 Å². The number of ether oxygens (including phenoxy) is 1. The van der Waals surface area contributed by atoms with Gasteiger partial charge >= 0.3 is 0 Å². The number of nitrogens with one attached hydrogen (secondary N) is 1. The Hall–Kier alpha value is -3.59. The molecule has 3 aromatic rings. The number of rotatable bonds is 8. The molecule has 0 radical (unpaired) electrons. The number of nitrogens with two attached hydrogens (primary N) is 1. The topological polar surface area (TPSA) is 121 Å². The quantitative estimate of drug-likeness (QED) is 0.420. The van der Waals surface area contributed by atoms with E-state index >= 15 is 0 Å². The van der Waals surface area contributed by atoms with Crippen LogP contribution in [0.4, 0.5) is 11.5 Å². The third-order valence-electron chi connectivity index (χ3n) is 4.32. The van der Waals surface area contributed by atoms with Crippen LogP contribution in [-0.2, 0) is 10.5 Å². The fourth-order valence-electron chi connectivity index (χ4n) is 2.88. The van der Waals surface area contributed by atoms with Gasteiger partial charge < -0.3 is 15.8 Å². The first-order valence-corrected chi connectivity index (χ1v) is 10.1. The molecule has 2 heterocycles. The van der Waals surface area contributed by atoms with Crippen LogP contribution in [0.15, 0.2) is 53.8 Å². The Labute approximate surface area is 179 Å². The smallest absolute Gasteiger partial charge is 0.143 e. The highest BCUT2D eigenvalue weighted by molar-refractivity contribution is 7.98. The second-order valence-corrected chi connectivity index (χ2v) is 7.26. The zero-order valence-corrected chi connectivity index (χ0v) is 17.2. The van der Waals surface area contributed by atoms with E-state index in [1.165, 1.54) is 11.8 Å².